The van der Waals surface area contributed by atoms with E-state index in [1.807, 2.05) is 43.3 Å². The molecule has 0 saturated carbocycles. The Morgan fingerprint density at radius 2 is 1.86 bits per heavy atom. The summed E-state index contributed by atoms with van der Waals surface area (Å²) in [6.07, 6.45) is 6.11. The molecule has 4 rings (SSSR count). The number of benzene rings is 2. The largest absolute Gasteiger partial charge is 0.293 e. The molecule has 5 heteroatoms. The van der Waals surface area contributed by atoms with Crippen LogP contribution in [0.3, 0.4) is 0 Å². The molecule has 0 bridgehead atoms. The van der Waals surface area contributed by atoms with Gasteiger partial charge in [0.1, 0.15) is 0 Å². The molecule has 1 aliphatic carbocycles. The Hall–Kier alpha value is -2.50. The molecule has 1 aliphatic heterocycles. The smallest absolute Gasteiger partial charge is 0.243 e. The predicted octanol–water partition coefficient (Wildman–Crippen LogP) is 4.09. The molecule has 0 radical (unpaired) electrons. The lowest BCUT2D eigenvalue weighted by Crippen LogP contribution is -2.52. The van der Waals surface area contributed by atoms with Crippen molar-refractivity contribution in [1.29, 1.82) is 0 Å². The van der Waals surface area contributed by atoms with E-state index in [4.69, 9.17) is 0 Å². The van der Waals surface area contributed by atoms with Crippen molar-refractivity contribution in [3.63, 3.8) is 0 Å². The zero-order valence-electron chi connectivity index (χ0n) is 15.8. The van der Waals surface area contributed by atoms with Crippen molar-refractivity contribution in [3.8, 4) is 0 Å². The van der Waals surface area contributed by atoms with Crippen LogP contribution in [0.5, 0.6) is 0 Å². The molecule has 2 atom stereocenters. The van der Waals surface area contributed by atoms with Crippen LogP contribution in [0.1, 0.15) is 27.9 Å². The first kappa shape index (κ1) is 18.8. The van der Waals surface area contributed by atoms with E-state index in [0.29, 0.717) is 18.5 Å². The predicted molar refractivity (Wildman–Crippen MR) is 110 cm³/mol. The summed E-state index contributed by atoms with van der Waals surface area (Å²) in [5.74, 6) is -0.221. The van der Waals surface area contributed by atoms with E-state index in [2.05, 4.69) is 6.58 Å². The summed E-state index contributed by atoms with van der Waals surface area (Å²) in [6, 6.07) is 14.4. The SMILES string of the molecule is C=C[C@@H]1CN(S(=O)(=O)c2ccc(C)cc2)CC[C@@]12C=Cc1ccccc1C2=O. The summed E-state index contributed by atoms with van der Waals surface area (Å²) in [6.45, 7) is 6.39. The van der Waals surface area contributed by atoms with Gasteiger partial charge in [0.05, 0.1) is 10.3 Å². The summed E-state index contributed by atoms with van der Waals surface area (Å²) >= 11 is 0. The van der Waals surface area contributed by atoms with Gasteiger partial charge in [-0.25, -0.2) is 8.42 Å². The molecule has 1 heterocycles. The fraction of sp³-hybridized carbons (Fsp3) is 0.261. The second-order valence-electron chi connectivity index (χ2n) is 7.56. The second kappa shape index (κ2) is 6.83. The number of allylic oxidation sites excluding steroid dienone is 1. The zero-order chi connectivity index (χ0) is 19.9. The third-order valence-electron chi connectivity index (χ3n) is 5.97. The first-order valence-electron chi connectivity index (χ1n) is 9.41. The highest BCUT2D eigenvalue weighted by molar-refractivity contribution is 7.89. The topological polar surface area (TPSA) is 54.5 Å². The van der Waals surface area contributed by atoms with Crippen LogP contribution in [0.25, 0.3) is 6.08 Å². The van der Waals surface area contributed by atoms with Crippen molar-refractivity contribution in [2.24, 2.45) is 11.3 Å². The summed E-state index contributed by atoms with van der Waals surface area (Å²) in [5.41, 5.74) is 1.90. The Balaban J connectivity index is 1.66. The fourth-order valence-electron chi connectivity index (χ4n) is 4.23. The Bertz CT molecular complexity index is 1070. The van der Waals surface area contributed by atoms with Crippen LogP contribution in [0.15, 0.2) is 72.2 Å². The molecular formula is C23H23NO3S. The number of hydrogen-bond donors (Lipinski definition) is 0. The van der Waals surface area contributed by atoms with Gasteiger partial charge in [0, 0.05) is 24.6 Å². The molecule has 2 aromatic rings. The lowest BCUT2D eigenvalue weighted by atomic mass is 9.63. The highest BCUT2D eigenvalue weighted by Crippen LogP contribution is 2.46. The van der Waals surface area contributed by atoms with Crippen LogP contribution in [-0.4, -0.2) is 31.6 Å². The Kier molecular flexibility index (Phi) is 4.60. The van der Waals surface area contributed by atoms with E-state index in [1.54, 1.807) is 30.3 Å². The Morgan fingerprint density at radius 1 is 1.14 bits per heavy atom. The van der Waals surface area contributed by atoms with Gasteiger partial charge in [0.15, 0.2) is 5.78 Å². The van der Waals surface area contributed by atoms with Gasteiger partial charge < -0.3 is 0 Å². The summed E-state index contributed by atoms with van der Waals surface area (Å²) < 4.78 is 27.7. The standard InChI is InChI=1S/C23H23NO3S/c1-3-19-16-24(28(26,27)20-10-8-17(2)9-11-20)15-14-23(19)13-12-18-6-4-5-7-21(18)22(23)25/h3-13,19H,1,14-16H2,2H3/t19-,23+/m1/s1. The van der Waals surface area contributed by atoms with Crippen molar-refractivity contribution in [2.45, 2.75) is 18.2 Å². The molecular weight excluding hydrogens is 370 g/mol. The van der Waals surface area contributed by atoms with Gasteiger partial charge in [-0.3, -0.25) is 4.79 Å². The minimum absolute atomic E-state index is 0.0582. The zero-order valence-corrected chi connectivity index (χ0v) is 16.7. The van der Waals surface area contributed by atoms with Gasteiger partial charge in [-0.15, -0.1) is 6.58 Å². The normalized spacial score (nSPS) is 24.9. The van der Waals surface area contributed by atoms with Crippen molar-refractivity contribution in [1.82, 2.24) is 4.31 Å². The van der Waals surface area contributed by atoms with Crippen LogP contribution in [0, 0.1) is 18.3 Å². The molecule has 1 fully saturated rings. The molecule has 144 valence electrons. The van der Waals surface area contributed by atoms with Gasteiger partial charge in [0.2, 0.25) is 10.0 Å². The number of hydrogen-bond acceptors (Lipinski definition) is 3. The molecule has 0 N–H and O–H groups in total. The van der Waals surface area contributed by atoms with Gasteiger partial charge >= 0.3 is 0 Å². The van der Waals surface area contributed by atoms with E-state index in [1.165, 1.54) is 4.31 Å². The molecule has 2 aliphatic rings. The maximum absolute atomic E-state index is 13.4. The van der Waals surface area contributed by atoms with Crippen molar-refractivity contribution in [3.05, 3.63) is 84.0 Å². The molecule has 2 aromatic carbocycles. The van der Waals surface area contributed by atoms with E-state index < -0.39 is 15.4 Å². The lowest BCUT2D eigenvalue weighted by Gasteiger charge is -2.45. The van der Waals surface area contributed by atoms with Gasteiger partial charge in [-0.1, -0.05) is 60.2 Å². The average molecular weight is 394 g/mol. The first-order valence-corrected chi connectivity index (χ1v) is 10.8. The third kappa shape index (κ3) is 2.86. The van der Waals surface area contributed by atoms with Gasteiger partial charge in [0.25, 0.3) is 0 Å². The van der Waals surface area contributed by atoms with Gasteiger partial charge in [-0.2, -0.15) is 4.31 Å². The molecule has 0 aromatic heterocycles. The number of rotatable bonds is 3. The van der Waals surface area contributed by atoms with Crippen molar-refractivity contribution < 1.29 is 13.2 Å². The summed E-state index contributed by atoms with van der Waals surface area (Å²) in [4.78, 5) is 13.6. The van der Waals surface area contributed by atoms with Crippen molar-refractivity contribution >= 4 is 21.9 Å². The Morgan fingerprint density at radius 3 is 2.57 bits per heavy atom. The highest BCUT2D eigenvalue weighted by Gasteiger charge is 2.49. The molecule has 1 saturated heterocycles. The number of carbonyl (C=O) groups is 1. The van der Waals surface area contributed by atoms with Crippen molar-refractivity contribution in [2.75, 3.05) is 13.1 Å². The second-order valence-corrected chi connectivity index (χ2v) is 9.50. The number of piperidine rings is 1. The number of fused-ring (bicyclic) bond motifs is 1. The molecule has 4 nitrogen and oxygen atoms in total. The van der Waals surface area contributed by atoms with Gasteiger partial charge in [-0.05, 0) is 31.0 Å². The highest BCUT2D eigenvalue weighted by atomic mass is 32.2. The maximum Gasteiger partial charge on any atom is 0.243 e. The summed E-state index contributed by atoms with van der Waals surface area (Å²) in [7, 11) is -3.60. The number of carbonyl (C=O) groups excluding carboxylic acids is 1. The van der Waals surface area contributed by atoms with E-state index in [0.717, 1.165) is 11.1 Å². The minimum atomic E-state index is -3.60. The van der Waals surface area contributed by atoms with Crippen LogP contribution in [0.4, 0.5) is 0 Å². The van der Waals surface area contributed by atoms with Crippen LogP contribution in [0.2, 0.25) is 0 Å². The molecule has 28 heavy (non-hydrogen) atoms. The van der Waals surface area contributed by atoms with Crippen LogP contribution >= 0.6 is 0 Å². The first-order chi connectivity index (χ1) is 13.4. The van der Waals surface area contributed by atoms with E-state index in [9.17, 15) is 13.2 Å². The molecule has 0 amide bonds. The summed E-state index contributed by atoms with van der Waals surface area (Å²) in [5, 5.41) is 0. The van der Waals surface area contributed by atoms with E-state index in [-0.39, 0.29) is 23.1 Å². The van der Waals surface area contributed by atoms with Crippen LogP contribution in [-0.2, 0) is 10.0 Å². The number of Topliss-reactive ketones (excluding diaryl/α,β-unsaturated/α-hetero) is 1. The number of ketones is 1. The molecule has 0 unspecified atom stereocenters. The van der Waals surface area contributed by atoms with E-state index >= 15 is 0 Å². The maximum atomic E-state index is 13.4. The number of sulfonamides is 1. The van der Waals surface area contributed by atoms with Crippen LogP contribution < -0.4 is 0 Å². The molecule has 1 spiro atoms. The number of nitrogens with zero attached hydrogens (tertiary/aromatic N) is 1. The third-order valence-corrected chi connectivity index (χ3v) is 7.85. The Labute approximate surface area is 166 Å². The monoisotopic (exact) mass is 393 g/mol. The lowest BCUT2D eigenvalue weighted by molar-refractivity contribution is 0.0687. The minimum Gasteiger partial charge on any atom is -0.293 e. The number of aryl methyl sites for hydroxylation is 1. The average Bonchev–Trinajstić information content (AvgIpc) is 2.71. The quantitative estimate of drug-likeness (QED) is 0.738. The fourth-order valence-corrected chi connectivity index (χ4v) is 5.70.